The summed E-state index contributed by atoms with van der Waals surface area (Å²) in [6.45, 7) is 1.90. The number of benzene rings is 2. The molecular weight excluding hydrogens is 338 g/mol. The van der Waals surface area contributed by atoms with Gasteiger partial charge in [0.05, 0.1) is 10.9 Å². The molecule has 0 fully saturated rings. The summed E-state index contributed by atoms with van der Waals surface area (Å²) in [6, 6.07) is 12.6. The molecule has 2 aromatic carbocycles. The van der Waals surface area contributed by atoms with Crippen LogP contribution >= 0.6 is 11.6 Å². The van der Waals surface area contributed by atoms with Crippen molar-refractivity contribution in [3.05, 3.63) is 69.2 Å². The number of nitrogens with zero attached hydrogens (tertiary/aromatic N) is 2. The van der Waals surface area contributed by atoms with Crippen LogP contribution in [-0.4, -0.2) is 15.5 Å². The number of nitrogens with one attached hydrogen (secondary N) is 1. The number of aryl methyl sites for hydroxylation is 2. The van der Waals surface area contributed by atoms with Gasteiger partial charge in [-0.3, -0.25) is 14.2 Å². The average Bonchev–Trinajstić information content (AvgIpc) is 2.60. The fraction of sp³-hybridized carbons (Fsp3) is 0.211. The quantitative estimate of drug-likeness (QED) is 0.779. The van der Waals surface area contributed by atoms with Crippen LogP contribution in [0.5, 0.6) is 0 Å². The zero-order valence-electron chi connectivity index (χ0n) is 14.0. The molecule has 1 heterocycles. The van der Waals surface area contributed by atoms with Gasteiger partial charge in [0, 0.05) is 30.6 Å². The van der Waals surface area contributed by atoms with Gasteiger partial charge in [0.1, 0.15) is 5.82 Å². The highest BCUT2D eigenvalue weighted by molar-refractivity contribution is 6.31. The van der Waals surface area contributed by atoms with Crippen molar-refractivity contribution in [2.75, 3.05) is 5.32 Å². The Bertz CT molecular complexity index is 1010. The van der Waals surface area contributed by atoms with Gasteiger partial charge in [-0.2, -0.15) is 0 Å². The predicted octanol–water partition coefficient (Wildman–Crippen LogP) is 3.47. The molecule has 1 N–H and O–H groups in total. The first-order valence-corrected chi connectivity index (χ1v) is 8.34. The SMILES string of the molecule is Cc1ccc(NC(=O)CCc2nc3ccccc3c(=O)n2C)cc1Cl. The summed E-state index contributed by atoms with van der Waals surface area (Å²) in [5, 5.41) is 4.00. The Balaban J connectivity index is 1.73. The Labute approximate surface area is 150 Å². The highest BCUT2D eigenvalue weighted by atomic mass is 35.5. The summed E-state index contributed by atoms with van der Waals surface area (Å²) in [7, 11) is 1.68. The molecule has 1 aromatic heterocycles. The Morgan fingerprint density at radius 1 is 1.24 bits per heavy atom. The van der Waals surface area contributed by atoms with Crippen LogP contribution in [0.3, 0.4) is 0 Å². The van der Waals surface area contributed by atoms with Crippen molar-refractivity contribution in [3.63, 3.8) is 0 Å². The highest BCUT2D eigenvalue weighted by Crippen LogP contribution is 2.20. The Morgan fingerprint density at radius 3 is 2.76 bits per heavy atom. The van der Waals surface area contributed by atoms with Crippen molar-refractivity contribution in [1.29, 1.82) is 0 Å². The summed E-state index contributed by atoms with van der Waals surface area (Å²) in [4.78, 5) is 29.0. The zero-order valence-corrected chi connectivity index (χ0v) is 14.8. The van der Waals surface area contributed by atoms with E-state index >= 15 is 0 Å². The molecule has 128 valence electrons. The van der Waals surface area contributed by atoms with Crippen LogP contribution in [0.4, 0.5) is 5.69 Å². The summed E-state index contributed by atoms with van der Waals surface area (Å²) in [5.74, 6) is 0.433. The number of hydrogen-bond acceptors (Lipinski definition) is 3. The van der Waals surface area contributed by atoms with Crippen molar-refractivity contribution in [3.8, 4) is 0 Å². The van der Waals surface area contributed by atoms with Crippen molar-refractivity contribution in [1.82, 2.24) is 9.55 Å². The molecule has 0 aliphatic carbocycles. The van der Waals surface area contributed by atoms with Crippen molar-refractivity contribution in [2.24, 2.45) is 7.05 Å². The predicted molar refractivity (Wildman–Crippen MR) is 100 cm³/mol. The lowest BCUT2D eigenvalue weighted by Gasteiger charge is -2.10. The van der Waals surface area contributed by atoms with E-state index in [0.717, 1.165) is 5.56 Å². The summed E-state index contributed by atoms with van der Waals surface area (Å²) in [5.41, 5.74) is 2.15. The van der Waals surface area contributed by atoms with E-state index in [0.29, 0.717) is 33.9 Å². The van der Waals surface area contributed by atoms with Crippen LogP contribution in [0.25, 0.3) is 10.9 Å². The molecule has 0 aliphatic heterocycles. The lowest BCUT2D eigenvalue weighted by atomic mass is 10.2. The maximum absolute atomic E-state index is 12.4. The average molecular weight is 356 g/mol. The minimum absolute atomic E-state index is 0.105. The van der Waals surface area contributed by atoms with Crippen LogP contribution < -0.4 is 10.9 Å². The molecule has 0 saturated heterocycles. The molecular formula is C19H18ClN3O2. The molecule has 0 saturated carbocycles. The summed E-state index contributed by atoms with van der Waals surface area (Å²) >= 11 is 6.06. The van der Waals surface area contributed by atoms with E-state index in [1.165, 1.54) is 4.57 Å². The normalized spacial score (nSPS) is 10.8. The molecule has 0 atom stereocenters. The third-order valence-electron chi connectivity index (χ3n) is 4.11. The van der Waals surface area contributed by atoms with Crippen molar-refractivity contribution >= 4 is 34.1 Å². The first-order valence-electron chi connectivity index (χ1n) is 7.96. The van der Waals surface area contributed by atoms with Crippen LogP contribution in [0.1, 0.15) is 17.8 Å². The van der Waals surface area contributed by atoms with Gasteiger partial charge < -0.3 is 5.32 Å². The van der Waals surface area contributed by atoms with E-state index in [1.54, 1.807) is 25.2 Å². The number of rotatable bonds is 4. The first kappa shape index (κ1) is 17.2. The van der Waals surface area contributed by atoms with Crippen LogP contribution in [-0.2, 0) is 18.3 Å². The van der Waals surface area contributed by atoms with Crippen LogP contribution in [0.2, 0.25) is 5.02 Å². The number of para-hydroxylation sites is 1. The fourth-order valence-electron chi connectivity index (χ4n) is 2.61. The summed E-state index contributed by atoms with van der Waals surface area (Å²) in [6.07, 6.45) is 0.603. The molecule has 0 unspecified atom stereocenters. The van der Waals surface area contributed by atoms with Crippen molar-refractivity contribution < 1.29 is 4.79 Å². The van der Waals surface area contributed by atoms with Gasteiger partial charge in [0.25, 0.3) is 5.56 Å². The number of carbonyl (C=O) groups is 1. The van der Waals surface area contributed by atoms with E-state index in [-0.39, 0.29) is 17.9 Å². The number of hydrogen-bond donors (Lipinski definition) is 1. The zero-order chi connectivity index (χ0) is 18.0. The van der Waals surface area contributed by atoms with Crippen LogP contribution in [0, 0.1) is 6.92 Å². The van der Waals surface area contributed by atoms with Gasteiger partial charge in [-0.1, -0.05) is 29.8 Å². The van der Waals surface area contributed by atoms with Gasteiger partial charge in [0.15, 0.2) is 0 Å². The molecule has 0 radical (unpaired) electrons. The number of anilines is 1. The maximum atomic E-state index is 12.4. The van der Waals surface area contributed by atoms with E-state index in [2.05, 4.69) is 10.3 Å². The third-order valence-corrected chi connectivity index (χ3v) is 4.51. The largest absolute Gasteiger partial charge is 0.326 e. The van der Waals surface area contributed by atoms with E-state index in [9.17, 15) is 9.59 Å². The van der Waals surface area contributed by atoms with Gasteiger partial charge >= 0.3 is 0 Å². The standard InChI is InChI=1S/C19H18ClN3O2/c1-12-7-8-13(11-15(12)20)21-18(24)10-9-17-22-16-6-4-3-5-14(16)19(25)23(17)2/h3-8,11H,9-10H2,1-2H3,(H,21,24). The van der Waals surface area contributed by atoms with Gasteiger partial charge in [-0.05, 0) is 36.8 Å². The van der Waals surface area contributed by atoms with Gasteiger partial charge in [-0.25, -0.2) is 4.98 Å². The second-order valence-corrected chi connectivity index (χ2v) is 6.33. The first-order chi connectivity index (χ1) is 12.0. The molecule has 0 spiro atoms. The second kappa shape index (κ2) is 7.07. The Hall–Kier alpha value is -2.66. The highest BCUT2D eigenvalue weighted by Gasteiger charge is 2.10. The molecule has 5 nitrogen and oxygen atoms in total. The van der Waals surface area contributed by atoms with Crippen molar-refractivity contribution in [2.45, 2.75) is 19.8 Å². The van der Waals surface area contributed by atoms with E-state index in [4.69, 9.17) is 11.6 Å². The third kappa shape index (κ3) is 3.72. The number of aromatic nitrogens is 2. The maximum Gasteiger partial charge on any atom is 0.261 e. The Morgan fingerprint density at radius 2 is 2.00 bits per heavy atom. The molecule has 25 heavy (non-hydrogen) atoms. The van der Waals surface area contributed by atoms with Gasteiger partial charge in [0.2, 0.25) is 5.91 Å². The molecule has 0 aliphatic rings. The molecule has 1 amide bonds. The number of amides is 1. The number of fused-ring (bicyclic) bond motifs is 1. The lowest BCUT2D eigenvalue weighted by molar-refractivity contribution is -0.116. The van der Waals surface area contributed by atoms with E-state index in [1.807, 2.05) is 31.2 Å². The fourth-order valence-corrected chi connectivity index (χ4v) is 2.79. The number of halogens is 1. The number of carbonyl (C=O) groups excluding carboxylic acids is 1. The molecule has 0 bridgehead atoms. The minimum atomic E-state index is -0.151. The van der Waals surface area contributed by atoms with E-state index < -0.39 is 0 Å². The Kier molecular flexibility index (Phi) is 4.86. The van der Waals surface area contributed by atoms with Gasteiger partial charge in [-0.15, -0.1) is 0 Å². The monoisotopic (exact) mass is 355 g/mol. The second-order valence-electron chi connectivity index (χ2n) is 5.92. The lowest BCUT2D eigenvalue weighted by Crippen LogP contribution is -2.23. The summed E-state index contributed by atoms with van der Waals surface area (Å²) < 4.78 is 1.50. The topological polar surface area (TPSA) is 64.0 Å². The minimum Gasteiger partial charge on any atom is -0.326 e. The molecule has 6 heteroatoms. The van der Waals surface area contributed by atoms with Crippen LogP contribution in [0.15, 0.2) is 47.3 Å². The molecule has 3 rings (SSSR count). The molecule has 3 aromatic rings. The smallest absolute Gasteiger partial charge is 0.261 e.